The summed E-state index contributed by atoms with van der Waals surface area (Å²) in [6.45, 7) is 2.17. The number of methoxy groups -OCH3 is 1. The molecule has 106 valence electrons. The van der Waals surface area contributed by atoms with Gasteiger partial charge in [-0.3, -0.25) is 4.90 Å². The maximum atomic E-state index is 5.71. The van der Waals surface area contributed by atoms with E-state index in [1.165, 1.54) is 11.1 Å². The van der Waals surface area contributed by atoms with Crippen LogP contribution in [0.1, 0.15) is 17.5 Å². The van der Waals surface area contributed by atoms with E-state index >= 15 is 0 Å². The van der Waals surface area contributed by atoms with E-state index in [9.17, 15) is 0 Å². The first-order valence-corrected chi connectivity index (χ1v) is 8.13. The van der Waals surface area contributed by atoms with Crippen LogP contribution in [0.25, 0.3) is 0 Å². The van der Waals surface area contributed by atoms with E-state index in [4.69, 9.17) is 4.74 Å². The van der Waals surface area contributed by atoms with E-state index in [2.05, 4.69) is 52.1 Å². The van der Waals surface area contributed by atoms with Crippen LogP contribution in [0.2, 0.25) is 0 Å². The first-order valence-electron chi connectivity index (χ1n) is 7.18. The van der Waals surface area contributed by atoms with E-state index in [-0.39, 0.29) is 0 Å². The number of benzene rings is 1. The summed E-state index contributed by atoms with van der Waals surface area (Å²) in [4.78, 5) is 2.57. The Morgan fingerprint density at radius 1 is 1.20 bits per heavy atom. The average Bonchev–Trinajstić information content (AvgIpc) is 3.11. The van der Waals surface area contributed by atoms with Gasteiger partial charge in [-0.1, -0.05) is 30.3 Å². The van der Waals surface area contributed by atoms with E-state index < -0.39 is 0 Å². The van der Waals surface area contributed by atoms with Crippen molar-refractivity contribution in [3.63, 3.8) is 0 Å². The molecule has 0 aliphatic carbocycles. The maximum absolute atomic E-state index is 5.71. The van der Waals surface area contributed by atoms with Crippen LogP contribution in [0.3, 0.4) is 0 Å². The molecule has 0 radical (unpaired) electrons. The number of hydrogen-bond acceptors (Lipinski definition) is 3. The third-order valence-corrected chi connectivity index (χ3v) is 4.89. The molecule has 1 aliphatic heterocycles. The van der Waals surface area contributed by atoms with Crippen molar-refractivity contribution >= 4 is 11.3 Å². The summed E-state index contributed by atoms with van der Waals surface area (Å²) < 4.78 is 5.71. The van der Waals surface area contributed by atoms with E-state index in [0.29, 0.717) is 12.1 Å². The Labute approximate surface area is 125 Å². The van der Waals surface area contributed by atoms with Crippen LogP contribution < -0.4 is 0 Å². The smallest absolute Gasteiger partial charge is 0.0742 e. The molecule has 2 atom stereocenters. The van der Waals surface area contributed by atoms with Crippen LogP contribution in [0.15, 0.2) is 47.2 Å². The molecule has 0 saturated carbocycles. The van der Waals surface area contributed by atoms with E-state index in [0.717, 1.165) is 25.9 Å². The topological polar surface area (TPSA) is 12.5 Å². The molecule has 0 N–H and O–H groups in total. The van der Waals surface area contributed by atoms with Gasteiger partial charge in [-0.05, 0) is 40.8 Å². The number of ether oxygens (including phenoxy) is 1. The molecule has 0 spiro atoms. The molecule has 0 bridgehead atoms. The van der Waals surface area contributed by atoms with Crippen molar-refractivity contribution in [1.29, 1.82) is 0 Å². The minimum Gasteiger partial charge on any atom is -0.380 e. The van der Waals surface area contributed by atoms with E-state index in [1.807, 2.05) is 7.11 Å². The van der Waals surface area contributed by atoms with Gasteiger partial charge in [0.05, 0.1) is 6.10 Å². The molecule has 1 saturated heterocycles. The standard InChI is InChI=1S/C17H21NOS/c1-19-17-7-9-18(12-15-8-10-20-13-15)16(17)11-14-5-3-2-4-6-14/h2-6,8,10,13,16-17H,7,9,11-12H2,1H3/t16-,17+/m0/s1. The van der Waals surface area contributed by atoms with Crippen molar-refractivity contribution in [3.8, 4) is 0 Å². The molecule has 3 rings (SSSR count). The van der Waals surface area contributed by atoms with Crippen molar-refractivity contribution < 1.29 is 4.74 Å². The molecular weight excluding hydrogens is 266 g/mol. The summed E-state index contributed by atoms with van der Waals surface area (Å²) in [6, 6.07) is 13.5. The molecule has 2 nitrogen and oxygen atoms in total. The molecule has 1 fully saturated rings. The normalized spacial score (nSPS) is 23.2. The number of hydrogen-bond donors (Lipinski definition) is 0. The molecule has 3 heteroatoms. The zero-order valence-electron chi connectivity index (χ0n) is 11.9. The second kappa shape index (κ2) is 6.53. The monoisotopic (exact) mass is 287 g/mol. The lowest BCUT2D eigenvalue weighted by Crippen LogP contribution is -2.37. The largest absolute Gasteiger partial charge is 0.380 e. The van der Waals surface area contributed by atoms with Gasteiger partial charge in [0.15, 0.2) is 0 Å². The Hall–Kier alpha value is -1.16. The summed E-state index contributed by atoms with van der Waals surface area (Å²) >= 11 is 1.78. The molecule has 2 heterocycles. The zero-order valence-corrected chi connectivity index (χ0v) is 12.7. The Morgan fingerprint density at radius 3 is 2.75 bits per heavy atom. The van der Waals surface area contributed by atoms with Gasteiger partial charge in [-0.2, -0.15) is 11.3 Å². The Bertz CT molecular complexity index is 511. The Balaban J connectivity index is 1.72. The van der Waals surface area contributed by atoms with Gasteiger partial charge in [-0.25, -0.2) is 0 Å². The van der Waals surface area contributed by atoms with Gasteiger partial charge in [-0.15, -0.1) is 0 Å². The maximum Gasteiger partial charge on any atom is 0.0742 e. The number of likely N-dealkylation sites (tertiary alicyclic amines) is 1. The predicted octanol–water partition coefficient (Wildman–Crippen LogP) is 3.58. The third-order valence-electron chi connectivity index (χ3n) is 4.16. The van der Waals surface area contributed by atoms with Crippen LogP contribution in [0, 0.1) is 0 Å². The molecule has 20 heavy (non-hydrogen) atoms. The summed E-state index contributed by atoms with van der Waals surface area (Å²) in [6.07, 6.45) is 2.57. The van der Waals surface area contributed by atoms with Gasteiger partial charge in [0.25, 0.3) is 0 Å². The van der Waals surface area contributed by atoms with Crippen LogP contribution in [0.5, 0.6) is 0 Å². The highest BCUT2D eigenvalue weighted by molar-refractivity contribution is 7.07. The van der Waals surface area contributed by atoms with Crippen molar-refractivity contribution in [2.75, 3.05) is 13.7 Å². The molecule has 1 aliphatic rings. The second-order valence-corrected chi connectivity index (χ2v) is 6.20. The van der Waals surface area contributed by atoms with Crippen LogP contribution in [-0.2, 0) is 17.7 Å². The lowest BCUT2D eigenvalue weighted by atomic mass is 10.0. The number of thiophene rings is 1. The van der Waals surface area contributed by atoms with E-state index in [1.54, 1.807) is 11.3 Å². The highest BCUT2D eigenvalue weighted by Gasteiger charge is 2.34. The molecule has 0 unspecified atom stereocenters. The molecule has 1 aromatic carbocycles. The average molecular weight is 287 g/mol. The van der Waals surface area contributed by atoms with Crippen LogP contribution in [-0.4, -0.2) is 30.7 Å². The summed E-state index contributed by atoms with van der Waals surface area (Å²) in [5, 5.41) is 4.41. The lowest BCUT2D eigenvalue weighted by molar-refractivity contribution is 0.0639. The first kappa shape index (κ1) is 13.8. The molecular formula is C17H21NOS. The van der Waals surface area contributed by atoms with Crippen molar-refractivity contribution in [2.45, 2.75) is 31.5 Å². The predicted molar refractivity (Wildman–Crippen MR) is 84.1 cm³/mol. The van der Waals surface area contributed by atoms with Crippen LogP contribution in [0.4, 0.5) is 0 Å². The lowest BCUT2D eigenvalue weighted by Gasteiger charge is -2.27. The van der Waals surface area contributed by atoms with Gasteiger partial charge >= 0.3 is 0 Å². The fourth-order valence-corrected chi connectivity index (χ4v) is 3.75. The number of nitrogens with zero attached hydrogens (tertiary/aromatic N) is 1. The summed E-state index contributed by atoms with van der Waals surface area (Å²) in [5.41, 5.74) is 2.82. The fraction of sp³-hybridized carbons (Fsp3) is 0.412. The zero-order chi connectivity index (χ0) is 13.8. The van der Waals surface area contributed by atoms with Crippen molar-refractivity contribution in [3.05, 3.63) is 58.3 Å². The quantitative estimate of drug-likeness (QED) is 0.833. The minimum absolute atomic E-state index is 0.355. The van der Waals surface area contributed by atoms with Gasteiger partial charge in [0.2, 0.25) is 0 Å². The van der Waals surface area contributed by atoms with Crippen molar-refractivity contribution in [2.24, 2.45) is 0 Å². The highest BCUT2D eigenvalue weighted by atomic mass is 32.1. The van der Waals surface area contributed by atoms with Gasteiger partial charge in [0, 0.05) is 26.2 Å². The first-order chi connectivity index (χ1) is 9.86. The third kappa shape index (κ3) is 3.11. The fourth-order valence-electron chi connectivity index (χ4n) is 3.09. The van der Waals surface area contributed by atoms with Gasteiger partial charge < -0.3 is 4.74 Å². The summed E-state index contributed by atoms with van der Waals surface area (Å²) in [7, 11) is 1.84. The number of rotatable bonds is 5. The summed E-state index contributed by atoms with van der Waals surface area (Å²) in [5.74, 6) is 0. The molecule has 0 amide bonds. The Morgan fingerprint density at radius 2 is 2.05 bits per heavy atom. The highest BCUT2D eigenvalue weighted by Crippen LogP contribution is 2.26. The minimum atomic E-state index is 0.355. The Kier molecular flexibility index (Phi) is 4.51. The SMILES string of the molecule is CO[C@@H]1CCN(Cc2ccsc2)[C@H]1Cc1ccccc1. The van der Waals surface area contributed by atoms with Crippen molar-refractivity contribution in [1.82, 2.24) is 4.90 Å². The molecule has 1 aromatic heterocycles. The van der Waals surface area contributed by atoms with Gasteiger partial charge in [0.1, 0.15) is 0 Å². The molecule has 2 aromatic rings. The van der Waals surface area contributed by atoms with Crippen LogP contribution >= 0.6 is 11.3 Å². The second-order valence-electron chi connectivity index (χ2n) is 5.42.